The number of nitrogens with two attached hydrogens (primary N) is 1. The van der Waals surface area contributed by atoms with E-state index in [4.69, 9.17) is 10.5 Å². The first-order chi connectivity index (χ1) is 8.70. The number of fused-ring (bicyclic) bond motifs is 2. The third-order valence-electron chi connectivity index (χ3n) is 3.94. The van der Waals surface area contributed by atoms with Gasteiger partial charge in [0.1, 0.15) is 11.4 Å². The molecule has 2 bridgehead atoms. The Morgan fingerprint density at radius 1 is 1.61 bits per heavy atom. The topological polar surface area (TPSA) is 73.4 Å². The van der Waals surface area contributed by atoms with Crippen LogP contribution >= 0.6 is 0 Å². The summed E-state index contributed by atoms with van der Waals surface area (Å²) in [5, 5.41) is 4.28. The number of carbonyl (C=O) groups excluding carboxylic acids is 1. The van der Waals surface area contributed by atoms with Crippen molar-refractivity contribution in [1.29, 1.82) is 0 Å². The van der Waals surface area contributed by atoms with E-state index in [2.05, 4.69) is 10.00 Å². The van der Waals surface area contributed by atoms with Crippen LogP contribution in [0.25, 0.3) is 0 Å². The Kier molecular flexibility index (Phi) is 2.74. The SMILES string of the molecule is CCOC(=O)c1cnn(C2CN3CC[C@H]2C3)c1N. The van der Waals surface area contributed by atoms with Crippen LogP contribution in [0.15, 0.2) is 6.20 Å². The van der Waals surface area contributed by atoms with Gasteiger partial charge in [-0.05, 0) is 25.8 Å². The lowest BCUT2D eigenvalue weighted by Gasteiger charge is -2.23. The average Bonchev–Trinajstić information content (AvgIpc) is 3.03. The van der Waals surface area contributed by atoms with Gasteiger partial charge in [0.2, 0.25) is 0 Å². The second kappa shape index (κ2) is 4.28. The Morgan fingerprint density at radius 3 is 3.06 bits per heavy atom. The van der Waals surface area contributed by atoms with E-state index in [1.54, 1.807) is 11.6 Å². The first-order valence-corrected chi connectivity index (χ1v) is 6.43. The molecule has 2 N–H and O–H groups in total. The van der Waals surface area contributed by atoms with Gasteiger partial charge in [-0.25, -0.2) is 9.48 Å². The first-order valence-electron chi connectivity index (χ1n) is 6.43. The Bertz CT molecular complexity index is 471. The number of piperidine rings is 1. The quantitative estimate of drug-likeness (QED) is 0.792. The number of nitrogens with zero attached hydrogens (tertiary/aromatic N) is 3. The normalized spacial score (nSPS) is 29.7. The number of ether oxygens (including phenoxy) is 1. The molecule has 0 spiro atoms. The summed E-state index contributed by atoms with van der Waals surface area (Å²) >= 11 is 0. The summed E-state index contributed by atoms with van der Waals surface area (Å²) in [4.78, 5) is 14.1. The Balaban J connectivity index is 1.84. The lowest BCUT2D eigenvalue weighted by atomic mass is 10.0. The fourth-order valence-corrected chi connectivity index (χ4v) is 3.04. The zero-order chi connectivity index (χ0) is 12.7. The molecule has 18 heavy (non-hydrogen) atoms. The van der Waals surface area contributed by atoms with Gasteiger partial charge in [0.25, 0.3) is 0 Å². The van der Waals surface area contributed by atoms with Crippen molar-refractivity contribution in [1.82, 2.24) is 14.7 Å². The third kappa shape index (κ3) is 1.68. The van der Waals surface area contributed by atoms with Gasteiger partial charge in [-0.15, -0.1) is 0 Å². The van der Waals surface area contributed by atoms with E-state index in [-0.39, 0.29) is 5.97 Å². The zero-order valence-electron chi connectivity index (χ0n) is 10.5. The van der Waals surface area contributed by atoms with Crippen molar-refractivity contribution in [3.63, 3.8) is 0 Å². The summed E-state index contributed by atoms with van der Waals surface area (Å²) in [7, 11) is 0. The van der Waals surface area contributed by atoms with E-state index < -0.39 is 0 Å². The fourth-order valence-electron chi connectivity index (χ4n) is 3.04. The van der Waals surface area contributed by atoms with Gasteiger partial charge < -0.3 is 15.4 Å². The van der Waals surface area contributed by atoms with Gasteiger partial charge >= 0.3 is 5.97 Å². The van der Waals surface area contributed by atoms with Crippen molar-refractivity contribution in [2.45, 2.75) is 19.4 Å². The van der Waals surface area contributed by atoms with Gasteiger partial charge in [0.05, 0.1) is 18.8 Å². The molecule has 1 aromatic heterocycles. The molecule has 0 radical (unpaired) electrons. The number of anilines is 1. The lowest BCUT2D eigenvalue weighted by Crippen LogP contribution is -2.27. The molecule has 0 amide bonds. The van der Waals surface area contributed by atoms with Crippen LogP contribution in [0, 0.1) is 5.92 Å². The molecule has 2 aliphatic heterocycles. The Labute approximate surface area is 106 Å². The van der Waals surface area contributed by atoms with Gasteiger partial charge in [-0.1, -0.05) is 0 Å². The predicted molar refractivity (Wildman–Crippen MR) is 66.2 cm³/mol. The molecule has 3 heterocycles. The smallest absolute Gasteiger partial charge is 0.343 e. The summed E-state index contributed by atoms with van der Waals surface area (Å²) in [6.45, 7) is 5.41. The van der Waals surface area contributed by atoms with Crippen molar-refractivity contribution < 1.29 is 9.53 Å². The van der Waals surface area contributed by atoms with E-state index >= 15 is 0 Å². The highest BCUT2D eigenvalue weighted by Crippen LogP contribution is 2.37. The van der Waals surface area contributed by atoms with Gasteiger partial charge in [-0.3, -0.25) is 0 Å². The molecule has 2 fully saturated rings. The van der Waals surface area contributed by atoms with Crippen molar-refractivity contribution in [3.05, 3.63) is 11.8 Å². The maximum atomic E-state index is 11.7. The largest absolute Gasteiger partial charge is 0.462 e. The predicted octanol–water partition coefficient (Wildman–Crippen LogP) is 0.519. The molecule has 0 aromatic carbocycles. The minimum absolute atomic E-state index is 0.307. The number of carbonyl (C=O) groups is 1. The van der Waals surface area contributed by atoms with Crippen molar-refractivity contribution in [2.24, 2.45) is 5.92 Å². The molecule has 2 aliphatic rings. The molecule has 6 heteroatoms. The van der Waals surface area contributed by atoms with Crippen LogP contribution in [0.1, 0.15) is 29.7 Å². The minimum Gasteiger partial charge on any atom is -0.462 e. The zero-order valence-corrected chi connectivity index (χ0v) is 10.5. The standard InChI is InChI=1S/C12H18N4O2/c1-2-18-12(17)9-5-14-16(11(9)13)10-7-15-4-3-8(10)6-15/h5,8,10H,2-4,6-7,13H2,1H3/t8-,10?/m0/s1. The minimum atomic E-state index is -0.385. The van der Waals surface area contributed by atoms with Gasteiger partial charge in [-0.2, -0.15) is 5.10 Å². The summed E-state index contributed by atoms with van der Waals surface area (Å²) in [6, 6.07) is 0.307. The molecule has 1 aromatic rings. The molecular weight excluding hydrogens is 232 g/mol. The number of nitrogen functional groups attached to an aromatic ring is 1. The average molecular weight is 250 g/mol. The first kappa shape index (κ1) is 11.5. The Morgan fingerprint density at radius 2 is 2.44 bits per heavy atom. The number of rotatable bonds is 3. The fraction of sp³-hybridized carbons (Fsp3) is 0.667. The highest BCUT2D eigenvalue weighted by Gasteiger charge is 2.40. The van der Waals surface area contributed by atoms with E-state index in [0.29, 0.717) is 29.9 Å². The van der Waals surface area contributed by atoms with E-state index in [9.17, 15) is 4.79 Å². The molecular formula is C12H18N4O2. The van der Waals surface area contributed by atoms with Gasteiger partial charge in [0.15, 0.2) is 0 Å². The van der Waals surface area contributed by atoms with Crippen molar-refractivity contribution in [3.8, 4) is 0 Å². The van der Waals surface area contributed by atoms with E-state index in [1.807, 2.05) is 0 Å². The second-order valence-corrected chi connectivity index (χ2v) is 4.98. The van der Waals surface area contributed by atoms with Crippen LogP contribution in [0.4, 0.5) is 5.82 Å². The van der Waals surface area contributed by atoms with Crippen LogP contribution in [-0.4, -0.2) is 46.9 Å². The van der Waals surface area contributed by atoms with Crippen LogP contribution in [-0.2, 0) is 4.74 Å². The van der Waals surface area contributed by atoms with Crippen molar-refractivity contribution in [2.75, 3.05) is 32.0 Å². The maximum Gasteiger partial charge on any atom is 0.343 e. The monoisotopic (exact) mass is 250 g/mol. The second-order valence-electron chi connectivity index (χ2n) is 4.98. The molecule has 6 nitrogen and oxygen atoms in total. The van der Waals surface area contributed by atoms with E-state index in [0.717, 1.165) is 13.1 Å². The Hall–Kier alpha value is -1.56. The summed E-state index contributed by atoms with van der Waals surface area (Å²) in [5.41, 5.74) is 6.41. The molecule has 2 saturated heterocycles. The highest BCUT2D eigenvalue weighted by molar-refractivity contribution is 5.94. The summed E-state index contributed by atoms with van der Waals surface area (Å²) < 4.78 is 6.77. The van der Waals surface area contributed by atoms with Crippen molar-refractivity contribution >= 4 is 11.8 Å². The van der Waals surface area contributed by atoms with Crippen LogP contribution in [0.5, 0.6) is 0 Å². The van der Waals surface area contributed by atoms with Crippen LogP contribution in [0.3, 0.4) is 0 Å². The molecule has 0 aliphatic carbocycles. The molecule has 3 atom stereocenters. The molecule has 2 unspecified atom stereocenters. The van der Waals surface area contributed by atoms with Crippen LogP contribution < -0.4 is 5.73 Å². The highest BCUT2D eigenvalue weighted by atomic mass is 16.5. The third-order valence-corrected chi connectivity index (χ3v) is 3.94. The molecule has 3 rings (SSSR count). The lowest BCUT2D eigenvalue weighted by molar-refractivity contribution is 0.0527. The number of hydrogen-bond donors (Lipinski definition) is 1. The number of aromatic nitrogens is 2. The summed E-state index contributed by atoms with van der Waals surface area (Å²) in [5.74, 6) is 0.666. The number of esters is 1. The molecule has 0 saturated carbocycles. The van der Waals surface area contributed by atoms with E-state index in [1.165, 1.54) is 19.2 Å². The maximum absolute atomic E-state index is 11.7. The van der Waals surface area contributed by atoms with Gasteiger partial charge in [0, 0.05) is 13.1 Å². The number of hydrogen-bond acceptors (Lipinski definition) is 5. The summed E-state index contributed by atoms with van der Waals surface area (Å²) in [6.07, 6.45) is 2.72. The van der Waals surface area contributed by atoms with Crippen LogP contribution in [0.2, 0.25) is 0 Å². The molecule has 98 valence electrons.